The Morgan fingerprint density at radius 1 is 1.08 bits per heavy atom. The lowest BCUT2D eigenvalue weighted by Crippen LogP contribution is -2.39. The lowest BCUT2D eigenvalue weighted by molar-refractivity contribution is -0.139. The van der Waals surface area contributed by atoms with E-state index in [-0.39, 0.29) is 12.2 Å². The SMILES string of the molecule is CCOC(=O)C1=C(C)N=c2s/c(=C\c3ccc(OC(C)=O)c(OCC)c3)c(=O)n2[C@@H]1c1ccc(OC)cc1. The number of thiazole rings is 1. The molecule has 0 aliphatic carbocycles. The standard InChI is InChI=1S/C28H28N2O7S/c1-6-35-22-14-18(8-13-21(22)37-17(4)31)15-23-26(32)30-25(19-9-11-20(34-5)12-10-19)24(27(33)36-7-2)16(3)29-28(30)38-23/h8-15,25H,6-7H2,1-5H3/b23-15-/t25-/m1/s1. The second kappa shape index (κ2) is 11.5. The Morgan fingerprint density at radius 2 is 1.82 bits per heavy atom. The van der Waals surface area contributed by atoms with Crippen molar-refractivity contribution in [2.24, 2.45) is 4.99 Å². The molecule has 4 rings (SSSR count). The molecule has 0 fully saturated rings. The summed E-state index contributed by atoms with van der Waals surface area (Å²) in [5, 5.41) is 0. The number of hydrogen-bond donors (Lipinski definition) is 0. The van der Waals surface area contributed by atoms with Crippen molar-refractivity contribution in [1.29, 1.82) is 0 Å². The van der Waals surface area contributed by atoms with E-state index >= 15 is 0 Å². The maximum Gasteiger partial charge on any atom is 0.338 e. The first-order valence-electron chi connectivity index (χ1n) is 12.1. The van der Waals surface area contributed by atoms with Gasteiger partial charge in [-0.25, -0.2) is 9.79 Å². The number of fused-ring (bicyclic) bond motifs is 1. The number of carbonyl (C=O) groups is 2. The Kier molecular flexibility index (Phi) is 8.11. The molecular formula is C28H28N2O7S. The molecule has 38 heavy (non-hydrogen) atoms. The average molecular weight is 537 g/mol. The zero-order chi connectivity index (χ0) is 27.4. The van der Waals surface area contributed by atoms with Crippen molar-refractivity contribution in [2.45, 2.75) is 33.7 Å². The van der Waals surface area contributed by atoms with Crippen LogP contribution in [0.2, 0.25) is 0 Å². The number of allylic oxidation sites excluding steroid dienone is 1. The van der Waals surface area contributed by atoms with E-state index in [0.29, 0.717) is 50.0 Å². The number of benzene rings is 2. The predicted octanol–water partition coefficient (Wildman–Crippen LogP) is 3.13. The van der Waals surface area contributed by atoms with Gasteiger partial charge in [0.2, 0.25) is 0 Å². The molecule has 10 heteroatoms. The van der Waals surface area contributed by atoms with Crippen molar-refractivity contribution < 1.29 is 28.5 Å². The maximum absolute atomic E-state index is 13.8. The van der Waals surface area contributed by atoms with Gasteiger partial charge < -0.3 is 18.9 Å². The van der Waals surface area contributed by atoms with E-state index in [4.69, 9.17) is 18.9 Å². The first kappa shape index (κ1) is 26.9. The molecule has 1 atom stereocenters. The summed E-state index contributed by atoms with van der Waals surface area (Å²) in [4.78, 5) is 43.3. The zero-order valence-corrected chi connectivity index (χ0v) is 22.6. The minimum absolute atomic E-state index is 0.195. The largest absolute Gasteiger partial charge is 0.497 e. The quantitative estimate of drug-likeness (QED) is 0.322. The van der Waals surface area contributed by atoms with Crippen LogP contribution in [-0.2, 0) is 14.3 Å². The van der Waals surface area contributed by atoms with Crippen LogP contribution in [0, 0.1) is 0 Å². The predicted molar refractivity (Wildman–Crippen MR) is 142 cm³/mol. The summed E-state index contributed by atoms with van der Waals surface area (Å²) >= 11 is 1.22. The number of esters is 2. The van der Waals surface area contributed by atoms with Crippen LogP contribution in [0.3, 0.4) is 0 Å². The second-order valence-electron chi connectivity index (χ2n) is 8.31. The minimum Gasteiger partial charge on any atom is -0.497 e. The van der Waals surface area contributed by atoms with Gasteiger partial charge in [-0.3, -0.25) is 14.2 Å². The van der Waals surface area contributed by atoms with Gasteiger partial charge in [0.15, 0.2) is 16.3 Å². The van der Waals surface area contributed by atoms with E-state index in [2.05, 4.69) is 4.99 Å². The summed E-state index contributed by atoms with van der Waals surface area (Å²) < 4.78 is 23.4. The Hall–Kier alpha value is -4.18. The lowest BCUT2D eigenvalue weighted by Gasteiger charge is -2.24. The smallest absolute Gasteiger partial charge is 0.338 e. The Balaban J connectivity index is 1.88. The molecule has 2 heterocycles. The van der Waals surface area contributed by atoms with Crippen LogP contribution in [0.5, 0.6) is 17.2 Å². The van der Waals surface area contributed by atoms with Crippen molar-refractivity contribution in [1.82, 2.24) is 4.57 Å². The molecule has 0 bridgehead atoms. The topological polar surface area (TPSA) is 105 Å². The molecule has 2 aromatic carbocycles. The molecule has 0 saturated carbocycles. The highest BCUT2D eigenvalue weighted by Gasteiger charge is 2.33. The molecular weight excluding hydrogens is 508 g/mol. The molecule has 0 unspecified atom stereocenters. The Bertz CT molecular complexity index is 1580. The average Bonchev–Trinajstić information content (AvgIpc) is 3.19. The number of ether oxygens (including phenoxy) is 4. The number of nitrogens with zero attached hydrogens (tertiary/aromatic N) is 2. The number of rotatable bonds is 8. The summed E-state index contributed by atoms with van der Waals surface area (Å²) in [6.45, 7) is 7.18. The van der Waals surface area contributed by atoms with E-state index in [0.717, 1.165) is 5.56 Å². The maximum atomic E-state index is 13.8. The highest BCUT2D eigenvalue weighted by atomic mass is 32.1. The first-order chi connectivity index (χ1) is 18.3. The van der Waals surface area contributed by atoms with Crippen LogP contribution in [0.25, 0.3) is 6.08 Å². The van der Waals surface area contributed by atoms with Gasteiger partial charge in [0.1, 0.15) is 5.75 Å². The fourth-order valence-electron chi connectivity index (χ4n) is 4.17. The van der Waals surface area contributed by atoms with Gasteiger partial charge in [-0.15, -0.1) is 0 Å². The Morgan fingerprint density at radius 3 is 2.45 bits per heavy atom. The van der Waals surface area contributed by atoms with E-state index < -0.39 is 18.0 Å². The molecule has 0 saturated heterocycles. The molecule has 0 N–H and O–H groups in total. The van der Waals surface area contributed by atoms with Crippen LogP contribution >= 0.6 is 11.3 Å². The highest BCUT2D eigenvalue weighted by molar-refractivity contribution is 7.07. The summed E-state index contributed by atoms with van der Waals surface area (Å²) in [6, 6.07) is 11.5. The molecule has 9 nitrogen and oxygen atoms in total. The third kappa shape index (κ3) is 5.40. The van der Waals surface area contributed by atoms with E-state index in [1.807, 2.05) is 19.1 Å². The van der Waals surface area contributed by atoms with Crippen LogP contribution in [0.1, 0.15) is 44.9 Å². The zero-order valence-electron chi connectivity index (χ0n) is 21.8. The molecule has 3 aromatic rings. The number of aromatic nitrogens is 1. The van der Waals surface area contributed by atoms with Crippen LogP contribution in [0.4, 0.5) is 0 Å². The molecule has 0 spiro atoms. The van der Waals surface area contributed by atoms with E-state index in [9.17, 15) is 14.4 Å². The van der Waals surface area contributed by atoms with Crippen LogP contribution in [0.15, 0.2) is 63.5 Å². The summed E-state index contributed by atoms with van der Waals surface area (Å²) in [6.07, 6.45) is 1.72. The number of hydrogen-bond acceptors (Lipinski definition) is 9. The summed E-state index contributed by atoms with van der Waals surface area (Å²) in [5.74, 6) is 0.361. The van der Waals surface area contributed by atoms with E-state index in [1.165, 1.54) is 22.8 Å². The molecule has 1 aliphatic heterocycles. The fourth-order valence-corrected chi connectivity index (χ4v) is 5.21. The minimum atomic E-state index is -0.719. The van der Waals surface area contributed by atoms with Gasteiger partial charge in [-0.05, 0) is 62.2 Å². The van der Waals surface area contributed by atoms with Gasteiger partial charge in [-0.1, -0.05) is 29.5 Å². The van der Waals surface area contributed by atoms with E-state index in [1.54, 1.807) is 57.4 Å². The van der Waals surface area contributed by atoms with Crippen molar-refractivity contribution in [3.8, 4) is 17.2 Å². The molecule has 198 valence electrons. The van der Waals surface area contributed by atoms with Gasteiger partial charge >= 0.3 is 11.9 Å². The molecule has 1 aliphatic rings. The molecule has 0 amide bonds. The number of methoxy groups -OCH3 is 1. The number of carbonyl (C=O) groups excluding carboxylic acids is 2. The van der Waals surface area contributed by atoms with Crippen molar-refractivity contribution in [2.75, 3.05) is 20.3 Å². The fraction of sp³-hybridized carbons (Fsp3) is 0.286. The van der Waals surface area contributed by atoms with Crippen molar-refractivity contribution in [3.63, 3.8) is 0 Å². The lowest BCUT2D eigenvalue weighted by atomic mass is 9.96. The van der Waals surface area contributed by atoms with Crippen LogP contribution in [-0.4, -0.2) is 36.8 Å². The van der Waals surface area contributed by atoms with Gasteiger partial charge in [-0.2, -0.15) is 0 Å². The van der Waals surface area contributed by atoms with Gasteiger partial charge in [0.05, 0.1) is 42.2 Å². The molecule has 1 aromatic heterocycles. The van der Waals surface area contributed by atoms with Crippen LogP contribution < -0.4 is 29.1 Å². The highest BCUT2D eigenvalue weighted by Crippen LogP contribution is 2.32. The first-order valence-corrected chi connectivity index (χ1v) is 12.9. The summed E-state index contributed by atoms with van der Waals surface area (Å²) in [7, 11) is 1.57. The van der Waals surface area contributed by atoms with Gasteiger partial charge in [0, 0.05) is 6.92 Å². The monoisotopic (exact) mass is 536 g/mol. The van der Waals surface area contributed by atoms with Crippen molar-refractivity contribution in [3.05, 3.63) is 84.5 Å². The van der Waals surface area contributed by atoms with Gasteiger partial charge in [0.25, 0.3) is 5.56 Å². The third-order valence-electron chi connectivity index (χ3n) is 5.77. The molecule has 0 radical (unpaired) electrons. The summed E-state index contributed by atoms with van der Waals surface area (Å²) in [5.41, 5.74) is 1.89. The third-order valence-corrected chi connectivity index (χ3v) is 6.75. The second-order valence-corrected chi connectivity index (χ2v) is 9.32. The Labute approximate surface area is 223 Å². The van der Waals surface area contributed by atoms with Crippen molar-refractivity contribution >= 4 is 29.4 Å². The normalized spacial score (nSPS) is 15.0.